The molecular formula is C27H23FN4O3S. The fourth-order valence-corrected chi connectivity index (χ4v) is 4.77. The van der Waals surface area contributed by atoms with Crippen molar-refractivity contribution in [1.82, 2.24) is 9.99 Å². The van der Waals surface area contributed by atoms with Crippen molar-refractivity contribution in [1.29, 1.82) is 0 Å². The van der Waals surface area contributed by atoms with E-state index < -0.39 is 11.8 Å². The minimum Gasteiger partial charge on any atom is -0.494 e. The Bertz CT molecular complexity index is 1540. The molecule has 182 valence electrons. The molecule has 0 radical (unpaired) electrons. The Balaban J connectivity index is 1.45. The summed E-state index contributed by atoms with van der Waals surface area (Å²) < 4.78 is 15.9. The number of aryl methyl sites for hydroxylation is 2. The zero-order valence-corrected chi connectivity index (χ0v) is 20.2. The number of thiocarbonyl (C=S) groups is 1. The van der Waals surface area contributed by atoms with Gasteiger partial charge in [0.1, 0.15) is 5.82 Å². The molecule has 0 atom stereocenters. The summed E-state index contributed by atoms with van der Waals surface area (Å²) in [4.78, 5) is 11.0. The summed E-state index contributed by atoms with van der Waals surface area (Å²) in [6, 6.07) is 16.6. The van der Waals surface area contributed by atoms with Crippen LogP contribution in [-0.2, 0) is 12.8 Å². The Morgan fingerprint density at radius 2 is 1.81 bits per heavy atom. The quantitative estimate of drug-likeness (QED) is 0.166. The average Bonchev–Trinajstić information content (AvgIpc) is 3.43. The summed E-state index contributed by atoms with van der Waals surface area (Å²) in [5.74, 6) is -1.48. The second kappa shape index (κ2) is 9.43. The van der Waals surface area contributed by atoms with Gasteiger partial charge in [0.25, 0.3) is 0 Å². The third kappa shape index (κ3) is 4.40. The molecular weight excluding hydrogens is 479 g/mol. The van der Waals surface area contributed by atoms with Crippen LogP contribution in [0.3, 0.4) is 0 Å². The largest absolute Gasteiger partial charge is 0.494 e. The first kappa shape index (κ1) is 23.5. The van der Waals surface area contributed by atoms with Crippen molar-refractivity contribution in [2.24, 2.45) is 5.10 Å². The number of carboxylic acid groups (broad SMARTS) is 1. The Kier molecular flexibility index (Phi) is 6.15. The van der Waals surface area contributed by atoms with Gasteiger partial charge in [-0.1, -0.05) is 6.07 Å². The number of carboxylic acids is 1. The monoisotopic (exact) mass is 502 g/mol. The number of nitrogens with zero attached hydrogens (tertiary/aromatic N) is 2. The van der Waals surface area contributed by atoms with Crippen molar-refractivity contribution in [3.8, 4) is 11.6 Å². The van der Waals surface area contributed by atoms with Crippen LogP contribution in [0.15, 0.2) is 65.8 Å². The molecule has 0 amide bonds. The molecule has 1 heterocycles. The zero-order chi connectivity index (χ0) is 25.4. The summed E-state index contributed by atoms with van der Waals surface area (Å²) >= 11 is 5.29. The normalized spacial score (nSPS) is 13.0. The maximum atomic E-state index is 14.2. The van der Waals surface area contributed by atoms with Gasteiger partial charge in [0.15, 0.2) is 5.11 Å². The second-order valence-corrected chi connectivity index (χ2v) is 9.06. The fraction of sp³-hybridized carbons (Fsp3) is 0.148. The first-order valence-corrected chi connectivity index (χ1v) is 11.8. The van der Waals surface area contributed by atoms with Gasteiger partial charge in [-0.25, -0.2) is 9.18 Å². The van der Waals surface area contributed by atoms with E-state index in [9.17, 15) is 14.3 Å². The highest BCUT2D eigenvalue weighted by molar-refractivity contribution is 7.80. The second-order valence-electron chi connectivity index (χ2n) is 8.65. The molecule has 36 heavy (non-hydrogen) atoms. The van der Waals surface area contributed by atoms with Gasteiger partial charge in [-0.2, -0.15) is 5.10 Å². The molecule has 0 fully saturated rings. The highest BCUT2D eigenvalue weighted by Gasteiger charge is 2.22. The van der Waals surface area contributed by atoms with Gasteiger partial charge >= 0.3 is 5.97 Å². The van der Waals surface area contributed by atoms with Crippen LogP contribution in [0.5, 0.6) is 5.88 Å². The topological polar surface area (TPSA) is 98.9 Å². The predicted molar refractivity (Wildman–Crippen MR) is 142 cm³/mol. The maximum Gasteiger partial charge on any atom is 0.335 e. The van der Waals surface area contributed by atoms with Crippen LogP contribution in [-0.4, -0.2) is 31.6 Å². The van der Waals surface area contributed by atoms with Crippen molar-refractivity contribution in [3.63, 3.8) is 0 Å². The van der Waals surface area contributed by atoms with Gasteiger partial charge in [-0.05, 0) is 104 Å². The van der Waals surface area contributed by atoms with Crippen LogP contribution < -0.4 is 10.7 Å². The van der Waals surface area contributed by atoms with Crippen molar-refractivity contribution in [2.45, 2.75) is 26.2 Å². The molecule has 0 spiro atoms. The van der Waals surface area contributed by atoms with E-state index in [0.717, 1.165) is 24.9 Å². The molecule has 3 aromatic carbocycles. The molecule has 7 nitrogen and oxygen atoms in total. The van der Waals surface area contributed by atoms with E-state index in [0.29, 0.717) is 27.9 Å². The smallest absolute Gasteiger partial charge is 0.335 e. The predicted octanol–water partition coefficient (Wildman–Crippen LogP) is 5.37. The highest BCUT2D eigenvalue weighted by Crippen LogP contribution is 2.36. The van der Waals surface area contributed by atoms with Crippen LogP contribution >= 0.6 is 12.2 Å². The molecule has 1 aliphatic carbocycles. The first-order chi connectivity index (χ1) is 17.3. The van der Waals surface area contributed by atoms with Crippen molar-refractivity contribution >= 4 is 45.6 Å². The third-order valence-corrected chi connectivity index (χ3v) is 6.51. The standard InChI is InChI=1S/C27H23FN4O3S/c1-15(30-31-27(36)29-20-9-5-17(6-10-20)26(34)35)24-22-14-19(28)8-12-23(22)32(25(24)33)21-11-7-16-3-2-4-18(16)13-21/h5-14,33H,2-4H2,1H3,(H,34,35)(H2,29,31,36)/b30-15+. The number of hydrogen-bond acceptors (Lipinski definition) is 4. The number of carbonyl (C=O) groups is 1. The Hall–Kier alpha value is -4.24. The Morgan fingerprint density at radius 1 is 1.06 bits per heavy atom. The van der Waals surface area contributed by atoms with E-state index in [4.69, 9.17) is 17.3 Å². The number of benzene rings is 3. The number of hydrazone groups is 1. The maximum absolute atomic E-state index is 14.2. The SMILES string of the molecule is C/C(=N\NC(=S)Nc1ccc(C(=O)O)cc1)c1c(O)n(-c2ccc3c(c2)CCC3)c2ccc(F)cc12. The summed E-state index contributed by atoms with van der Waals surface area (Å²) in [7, 11) is 0. The molecule has 0 saturated heterocycles. The van der Waals surface area contributed by atoms with Crippen molar-refractivity contribution in [2.75, 3.05) is 5.32 Å². The summed E-state index contributed by atoms with van der Waals surface area (Å²) in [6.45, 7) is 1.70. The lowest BCUT2D eigenvalue weighted by atomic mass is 10.1. The number of halogens is 1. The zero-order valence-electron chi connectivity index (χ0n) is 19.4. The van der Waals surface area contributed by atoms with E-state index in [2.05, 4.69) is 28.0 Å². The van der Waals surface area contributed by atoms with Crippen molar-refractivity contribution in [3.05, 3.63) is 88.7 Å². The van der Waals surface area contributed by atoms with Crippen LogP contribution in [0.1, 0.15) is 40.4 Å². The van der Waals surface area contributed by atoms with Crippen LogP contribution in [0.4, 0.5) is 10.1 Å². The average molecular weight is 503 g/mol. The van der Waals surface area contributed by atoms with Gasteiger partial charge in [0.2, 0.25) is 5.88 Å². The van der Waals surface area contributed by atoms with E-state index in [1.165, 1.54) is 35.4 Å². The lowest BCUT2D eigenvalue weighted by Gasteiger charge is -2.10. The molecule has 0 saturated carbocycles. The summed E-state index contributed by atoms with van der Waals surface area (Å²) in [6.07, 6.45) is 3.17. The number of nitrogens with one attached hydrogen (secondary N) is 2. The van der Waals surface area contributed by atoms with Crippen molar-refractivity contribution < 1.29 is 19.4 Å². The third-order valence-electron chi connectivity index (χ3n) is 6.32. The molecule has 1 aromatic heterocycles. The van der Waals surface area contributed by atoms with Crippen LogP contribution in [0, 0.1) is 5.82 Å². The van der Waals surface area contributed by atoms with E-state index in [1.807, 2.05) is 6.07 Å². The number of aromatic nitrogens is 1. The minimum absolute atomic E-state index is 0.0419. The lowest BCUT2D eigenvalue weighted by Crippen LogP contribution is -2.25. The molecule has 0 aliphatic heterocycles. The minimum atomic E-state index is -1.02. The Morgan fingerprint density at radius 3 is 2.56 bits per heavy atom. The summed E-state index contributed by atoms with van der Waals surface area (Å²) in [5.41, 5.74) is 8.34. The van der Waals surface area contributed by atoms with Crippen LogP contribution in [0.2, 0.25) is 0 Å². The highest BCUT2D eigenvalue weighted by atomic mass is 32.1. The fourth-order valence-electron chi connectivity index (χ4n) is 4.61. The molecule has 5 rings (SSSR count). The van der Waals surface area contributed by atoms with E-state index >= 15 is 0 Å². The molecule has 0 unspecified atom stereocenters. The van der Waals surface area contributed by atoms with Gasteiger partial charge in [-0.15, -0.1) is 0 Å². The number of rotatable bonds is 5. The van der Waals surface area contributed by atoms with E-state index in [1.54, 1.807) is 29.7 Å². The number of hydrogen-bond donors (Lipinski definition) is 4. The van der Waals surface area contributed by atoms with E-state index in [-0.39, 0.29) is 16.6 Å². The number of anilines is 1. The molecule has 1 aliphatic rings. The summed E-state index contributed by atoms with van der Waals surface area (Å²) in [5, 5.41) is 28.2. The van der Waals surface area contributed by atoms with Gasteiger partial charge in [0.05, 0.1) is 22.4 Å². The lowest BCUT2D eigenvalue weighted by molar-refractivity contribution is 0.0697. The number of aromatic hydroxyl groups is 1. The Labute approximate surface area is 211 Å². The van der Waals surface area contributed by atoms with Gasteiger partial charge in [0, 0.05) is 16.8 Å². The van der Waals surface area contributed by atoms with Gasteiger partial charge in [-0.3, -0.25) is 9.99 Å². The molecule has 4 aromatic rings. The van der Waals surface area contributed by atoms with Gasteiger partial charge < -0.3 is 15.5 Å². The molecule has 9 heteroatoms. The first-order valence-electron chi connectivity index (χ1n) is 11.4. The van der Waals surface area contributed by atoms with Crippen LogP contribution in [0.25, 0.3) is 16.6 Å². The number of fused-ring (bicyclic) bond motifs is 2. The number of aromatic carboxylic acids is 1. The molecule has 4 N–H and O–H groups in total. The molecule has 0 bridgehead atoms.